The summed E-state index contributed by atoms with van der Waals surface area (Å²) in [5.41, 5.74) is 7.15. The van der Waals surface area contributed by atoms with E-state index in [1.54, 1.807) is 12.1 Å². The molecular weight excluding hydrogens is 324 g/mol. The van der Waals surface area contributed by atoms with Crippen molar-refractivity contribution in [1.29, 1.82) is 0 Å². The number of nitrogens with two attached hydrogens (primary N) is 1. The van der Waals surface area contributed by atoms with Crippen molar-refractivity contribution in [3.63, 3.8) is 0 Å². The molecule has 2 heterocycles. The Morgan fingerprint density at radius 1 is 0.960 bits per heavy atom. The Morgan fingerprint density at radius 2 is 1.60 bits per heavy atom. The maximum Gasteiger partial charge on any atom is 0.225 e. The van der Waals surface area contributed by atoms with Gasteiger partial charge in [0.05, 0.1) is 12.4 Å². The van der Waals surface area contributed by atoms with E-state index in [1.165, 1.54) is 24.5 Å². The number of piperazine rings is 1. The number of rotatable bonds is 6. The molecule has 2 aromatic rings. The van der Waals surface area contributed by atoms with Crippen molar-refractivity contribution < 1.29 is 8.78 Å². The third-order valence-corrected chi connectivity index (χ3v) is 4.55. The van der Waals surface area contributed by atoms with E-state index in [2.05, 4.69) is 19.8 Å². The molecule has 0 amide bonds. The molecule has 1 atom stereocenters. The van der Waals surface area contributed by atoms with E-state index < -0.39 is 5.82 Å². The van der Waals surface area contributed by atoms with Gasteiger partial charge in [0.15, 0.2) is 5.82 Å². The first kappa shape index (κ1) is 17.7. The molecule has 3 rings (SSSR count). The molecule has 1 aliphatic rings. The fourth-order valence-electron chi connectivity index (χ4n) is 3.05. The van der Waals surface area contributed by atoms with Crippen LogP contribution in [0.2, 0.25) is 0 Å². The molecule has 0 saturated carbocycles. The molecule has 1 fully saturated rings. The largest absolute Gasteiger partial charge is 0.338 e. The van der Waals surface area contributed by atoms with Crippen molar-refractivity contribution in [3.8, 4) is 0 Å². The molecule has 0 unspecified atom stereocenters. The van der Waals surface area contributed by atoms with E-state index in [4.69, 9.17) is 5.73 Å². The number of nitrogens with zero attached hydrogens (tertiary/aromatic N) is 4. The summed E-state index contributed by atoms with van der Waals surface area (Å²) >= 11 is 0. The summed E-state index contributed by atoms with van der Waals surface area (Å²) in [6, 6.07) is 6.34. The molecule has 0 spiro atoms. The van der Waals surface area contributed by atoms with Gasteiger partial charge < -0.3 is 10.6 Å². The monoisotopic (exact) mass is 347 g/mol. The molecule has 0 radical (unpaired) electrons. The molecule has 2 N–H and O–H groups in total. The minimum Gasteiger partial charge on any atom is -0.338 e. The number of benzene rings is 1. The van der Waals surface area contributed by atoms with Gasteiger partial charge in [0.2, 0.25) is 5.95 Å². The minimum atomic E-state index is -0.417. The molecule has 7 heteroatoms. The highest BCUT2D eigenvalue weighted by molar-refractivity contribution is 5.29. The molecule has 1 aromatic heterocycles. The van der Waals surface area contributed by atoms with Crippen LogP contribution in [0.1, 0.15) is 24.4 Å². The zero-order valence-corrected chi connectivity index (χ0v) is 14.1. The van der Waals surface area contributed by atoms with Crippen LogP contribution in [0.5, 0.6) is 0 Å². The second-order valence-corrected chi connectivity index (χ2v) is 6.33. The summed E-state index contributed by atoms with van der Waals surface area (Å²) in [6.45, 7) is 4.48. The molecule has 5 nitrogen and oxygen atoms in total. The van der Waals surface area contributed by atoms with E-state index in [-0.39, 0.29) is 11.9 Å². The first-order valence-corrected chi connectivity index (χ1v) is 8.58. The fourth-order valence-corrected chi connectivity index (χ4v) is 3.05. The Balaban J connectivity index is 1.39. The van der Waals surface area contributed by atoms with Crippen LogP contribution in [0.4, 0.5) is 14.7 Å². The lowest BCUT2D eigenvalue weighted by atomic mass is 10.0. The number of hydrogen-bond acceptors (Lipinski definition) is 5. The van der Waals surface area contributed by atoms with Crippen molar-refractivity contribution in [2.24, 2.45) is 5.73 Å². The maximum absolute atomic E-state index is 12.9. The van der Waals surface area contributed by atoms with Crippen LogP contribution in [-0.2, 0) is 0 Å². The number of anilines is 1. The van der Waals surface area contributed by atoms with Crippen LogP contribution in [0.3, 0.4) is 0 Å². The van der Waals surface area contributed by atoms with Gasteiger partial charge in [-0.1, -0.05) is 12.1 Å². The first-order valence-electron chi connectivity index (χ1n) is 8.58. The topological polar surface area (TPSA) is 58.3 Å². The molecule has 1 aromatic carbocycles. The minimum absolute atomic E-state index is 0.0606. The van der Waals surface area contributed by atoms with Gasteiger partial charge in [-0.2, -0.15) is 0 Å². The summed E-state index contributed by atoms with van der Waals surface area (Å²) in [4.78, 5) is 12.5. The lowest BCUT2D eigenvalue weighted by molar-refractivity contribution is 0.249. The van der Waals surface area contributed by atoms with Gasteiger partial charge in [0.1, 0.15) is 5.82 Å². The van der Waals surface area contributed by atoms with Crippen LogP contribution < -0.4 is 10.6 Å². The molecule has 0 bridgehead atoms. The Hall–Kier alpha value is -2.12. The van der Waals surface area contributed by atoms with Gasteiger partial charge in [-0.3, -0.25) is 4.90 Å². The zero-order chi connectivity index (χ0) is 17.6. The summed E-state index contributed by atoms with van der Waals surface area (Å²) < 4.78 is 25.8. The lowest BCUT2D eigenvalue weighted by Gasteiger charge is -2.34. The molecule has 25 heavy (non-hydrogen) atoms. The standard InChI is InChI=1S/C18H23F2N5/c19-15-5-3-14(4-6-15)17(21)2-1-7-24-8-10-25(11-9-24)18-22-12-16(20)13-23-18/h3-6,12-13,17H,1-2,7-11,21H2/t17-/m0/s1. The van der Waals surface area contributed by atoms with Gasteiger partial charge in [0.25, 0.3) is 0 Å². The predicted octanol–water partition coefficient (Wildman–Crippen LogP) is 2.36. The summed E-state index contributed by atoms with van der Waals surface area (Å²) in [7, 11) is 0. The van der Waals surface area contributed by atoms with Crippen LogP contribution in [-0.4, -0.2) is 47.6 Å². The summed E-state index contributed by atoms with van der Waals surface area (Å²) in [5.74, 6) is -0.0711. The van der Waals surface area contributed by atoms with Gasteiger partial charge in [0, 0.05) is 32.2 Å². The highest BCUT2D eigenvalue weighted by Crippen LogP contribution is 2.17. The first-order chi connectivity index (χ1) is 12.1. The second kappa shape index (κ2) is 8.31. The lowest BCUT2D eigenvalue weighted by Crippen LogP contribution is -2.47. The van der Waals surface area contributed by atoms with Gasteiger partial charge >= 0.3 is 0 Å². The van der Waals surface area contributed by atoms with E-state index >= 15 is 0 Å². The smallest absolute Gasteiger partial charge is 0.225 e. The van der Waals surface area contributed by atoms with Crippen molar-refractivity contribution in [2.45, 2.75) is 18.9 Å². The Bertz CT molecular complexity index is 654. The zero-order valence-electron chi connectivity index (χ0n) is 14.1. The second-order valence-electron chi connectivity index (χ2n) is 6.33. The van der Waals surface area contributed by atoms with Crippen molar-refractivity contribution in [3.05, 3.63) is 53.9 Å². The Morgan fingerprint density at radius 3 is 2.24 bits per heavy atom. The third-order valence-electron chi connectivity index (χ3n) is 4.55. The fraction of sp³-hybridized carbons (Fsp3) is 0.444. The normalized spacial score (nSPS) is 16.8. The Labute approximate surface area is 146 Å². The van der Waals surface area contributed by atoms with Crippen LogP contribution in [0.15, 0.2) is 36.7 Å². The highest BCUT2D eigenvalue weighted by Gasteiger charge is 2.19. The quantitative estimate of drug-likeness (QED) is 0.869. The van der Waals surface area contributed by atoms with E-state index in [1.807, 2.05) is 0 Å². The summed E-state index contributed by atoms with van der Waals surface area (Å²) in [5, 5.41) is 0. The van der Waals surface area contributed by atoms with Crippen molar-refractivity contribution in [2.75, 3.05) is 37.6 Å². The van der Waals surface area contributed by atoms with Crippen molar-refractivity contribution >= 4 is 5.95 Å². The van der Waals surface area contributed by atoms with Crippen LogP contribution in [0.25, 0.3) is 0 Å². The highest BCUT2D eigenvalue weighted by atomic mass is 19.1. The van der Waals surface area contributed by atoms with E-state index in [0.717, 1.165) is 51.1 Å². The molecule has 1 saturated heterocycles. The number of aromatic nitrogens is 2. The SMILES string of the molecule is N[C@@H](CCCN1CCN(c2ncc(F)cn2)CC1)c1ccc(F)cc1. The van der Waals surface area contributed by atoms with Crippen LogP contribution >= 0.6 is 0 Å². The van der Waals surface area contributed by atoms with Gasteiger partial charge in [-0.25, -0.2) is 18.7 Å². The van der Waals surface area contributed by atoms with Crippen LogP contribution in [0, 0.1) is 11.6 Å². The van der Waals surface area contributed by atoms with E-state index in [9.17, 15) is 8.78 Å². The van der Waals surface area contributed by atoms with Gasteiger partial charge in [-0.15, -0.1) is 0 Å². The predicted molar refractivity (Wildman–Crippen MR) is 93.2 cm³/mol. The number of hydrogen-bond donors (Lipinski definition) is 1. The average molecular weight is 347 g/mol. The molecule has 134 valence electrons. The third kappa shape index (κ3) is 4.93. The summed E-state index contributed by atoms with van der Waals surface area (Å²) in [6.07, 6.45) is 4.26. The molecular formula is C18H23F2N5. The maximum atomic E-state index is 12.9. The Kier molecular flexibility index (Phi) is 5.88. The van der Waals surface area contributed by atoms with Gasteiger partial charge in [-0.05, 0) is 37.1 Å². The van der Waals surface area contributed by atoms with Crippen molar-refractivity contribution in [1.82, 2.24) is 14.9 Å². The van der Waals surface area contributed by atoms with E-state index in [0.29, 0.717) is 5.95 Å². The average Bonchev–Trinajstić information content (AvgIpc) is 2.63. The number of halogens is 2. The molecule has 0 aliphatic carbocycles. The molecule has 1 aliphatic heterocycles.